The zero-order chi connectivity index (χ0) is 25.2. The number of fused-ring (bicyclic) bond motifs is 1. The Labute approximate surface area is 214 Å². The molecule has 5 heteroatoms. The molecule has 1 aliphatic carbocycles. The molecule has 3 unspecified atom stereocenters. The largest absolute Gasteiger partial charge is 0.485 e. The van der Waals surface area contributed by atoms with Gasteiger partial charge in [-0.3, -0.25) is 5.32 Å². The van der Waals surface area contributed by atoms with Crippen molar-refractivity contribution in [1.29, 1.82) is 5.41 Å². The second-order valence-electron chi connectivity index (χ2n) is 9.58. The summed E-state index contributed by atoms with van der Waals surface area (Å²) in [6.45, 7) is 2.45. The van der Waals surface area contributed by atoms with Crippen molar-refractivity contribution in [1.82, 2.24) is 0 Å². The van der Waals surface area contributed by atoms with Gasteiger partial charge in [0.25, 0.3) is 0 Å². The van der Waals surface area contributed by atoms with Crippen LogP contribution in [0.3, 0.4) is 0 Å². The van der Waals surface area contributed by atoms with Gasteiger partial charge in [-0.05, 0) is 78.8 Å². The Balaban J connectivity index is 1.36. The molecule has 0 heterocycles. The summed E-state index contributed by atoms with van der Waals surface area (Å²) in [4.78, 5) is 12.2. The van der Waals surface area contributed by atoms with Crippen LogP contribution in [0.4, 0.5) is 10.5 Å². The maximum atomic E-state index is 12.2. The van der Waals surface area contributed by atoms with Crippen molar-refractivity contribution in [2.45, 2.75) is 58.2 Å². The molecule has 2 N–H and O–H groups in total. The van der Waals surface area contributed by atoms with E-state index < -0.39 is 6.09 Å². The standard InChI is InChI=1S/C31H36N2O3/c1-2-8-23(19-20-32)13-14-26-21-25-11-6-7-12-29(25)30(26)36-28-17-15-27(16-18-28)33-31(34)35-22-24-9-4-3-5-10-24/h3-7,9-12,15-18,20,23,26,30,32H,2,8,13-14,19,21-22H2,1H3,(H,33,34). The number of anilines is 1. The number of nitrogens with one attached hydrogen (secondary N) is 2. The molecule has 36 heavy (non-hydrogen) atoms. The van der Waals surface area contributed by atoms with Crippen molar-refractivity contribution in [3.63, 3.8) is 0 Å². The van der Waals surface area contributed by atoms with Gasteiger partial charge in [0.1, 0.15) is 18.5 Å². The SMILES string of the molecule is CCCC(CC=N)CCC1Cc2ccccc2C1Oc1ccc(NC(=O)OCc2ccccc2)cc1. The van der Waals surface area contributed by atoms with Crippen molar-refractivity contribution in [3.8, 4) is 5.75 Å². The van der Waals surface area contributed by atoms with Gasteiger partial charge in [0.05, 0.1) is 0 Å². The zero-order valence-corrected chi connectivity index (χ0v) is 21.0. The van der Waals surface area contributed by atoms with E-state index in [0.29, 0.717) is 17.5 Å². The molecule has 3 aromatic carbocycles. The Kier molecular flexibility index (Phi) is 9.15. The number of rotatable bonds is 12. The number of benzene rings is 3. The Morgan fingerprint density at radius 3 is 2.53 bits per heavy atom. The normalized spacial score (nSPS) is 17.1. The van der Waals surface area contributed by atoms with Gasteiger partial charge in [-0.2, -0.15) is 0 Å². The number of carbonyl (C=O) groups is 1. The Hall–Kier alpha value is -3.60. The molecule has 0 aromatic heterocycles. The lowest BCUT2D eigenvalue weighted by atomic mass is 9.88. The molecule has 3 aromatic rings. The average Bonchev–Trinajstić information content (AvgIpc) is 3.25. The van der Waals surface area contributed by atoms with Gasteiger partial charge in [-0.25, -0.2) is 4.79 Å². The molecular formula is C31H36N2O3. The second-order valence-corrected chi connectivity index (χ2v) is 9.58. The van der Waals surface area contributed by atoms with Crippen LogP contribution >= 0.6 is 0 Å². The number of hydrogen-bond donors (Lipinski definition) is 2. The van der Waals surface area contributed by atoms with Crippen LogP contribution in [0.1, 0.15) is 61.8 Å². The van der Waals surface area contributed by atoms with E-state index >= 15 is 0 Å². The van der Waals surface area contributed by atoms with Crippen molar-refractivity contribution in [2.24, 2.45) is 11.8 Å². The maximum Gasteiger partial charge on any atom is 0.411 e. The van der Waals surface area contributed by atoms with E-state index in [9.17, 15) is 4.79 Å². The van der Waals surface area contributed by atoms with Gasteiger partial charge in [-0.1, -0.05) is 74.4 Å². The molecule has 0 saturated heterocycles. The first kappa shape index (κ1) is 25.5. The minimum atomic E-state index is -0.483. The summed E-state index contributed by atoms with van der Waals surface area (Å²) in [5.74, 6) is 1.77. The Morgan fingerprint density at radius 1 is 1.03 bits per heavy atom. The molecule has 0 aliphatic heterocycles. The second kappa shape index (κ2) is 12.9. The molecule has 0 fully saturated rings. The highest BCUT2D eigenvalue weighted by Gasteiger charge is 2.34. The molecule has 0 spiro atoms. The average molecular weight is 485 g/mol. The number of hydrogen-bond acceptors (Lipinski definition) is 4. The summed E-state index contributed by atoms with van der Waals surface area (Å²) in [6.07, 6.45) is 7.51. The molecule has 1 aliphatic rings. The highest BCUT2D eigenvalue weighted by molar-refractivity contribution is 5.84. The monoisotopic (exact) mass is 484 g/mol. The molecular weight excluding hydrogens is 448 g/mol. The number of amides is 1. The molecule has 1 amide bonds. The van der Waals surface area contributed by atoms with E-state index in [4.69, 9.17) is 14.9 Å². The first-order valence-electron chi connectivity index (χ1n) is 13.0. The van der Waals surface area contributed by atoms with Crippen LogP contribution < -0.4 is 10.1 Å². The minimum Gasteiger partial charge on any atom is -0.485 e. The third-order valence-corrected chi connectivity index (χ3v) is 6.94. The summed E-state index contributed by atoms with van der Waals surface area (Å²) in [5.41, 5.74) is 4.25. The predicted molar refractivity (Wildman–Crippen MR) is 145 cm³/mol. The van der Waals surface area contributed by atoms with Crippen LogP contribution in [0.25, 0.3) is 0 Å². The molecule has 0 radical (unpaired) electrons. The van der Waals surface area contributed by atoms with Crippen LogP contribution in [0.15, 0.2) is 78.9 Å². The summed E-state index contributed by atoms with van der Waals surface area (Å²) >= 11 is 0. The van der Waals surface area contributed by atoms with Crippen LogP contribution in [-0.2, 0) is 17.8 Å². The molecule has 4 rings (SSSR count). The van der Waals surface area contributed by atoms with Crippen LogP contribution in [0, 0.1) is 17.2 Å². The van der Waals surface area contributed by atoms with Gasteiger partial charge in [0, 0.05) is 11.6 Å². The van der Waals surface area contributed by atoms with Gasteiger partial charge < -0.3 is 14.9 Å². The Morgan fingerprint density at radius 2 is 1.78 bits per heavy atom. The lowest BCUT2D eigenvalue weighted by Crippen LogP contribution is -2.16. The lowest BCUT2D eigenvalue weighted by Gasteiger charge is -2.24. The highest BCUT2D eigenvalue weighted by atomic mass is 16.5. The summed E-state index contributed by atoms with van der Waals surface area (Å²) in [5, 5.41) is 10.3. The third kappa shape index (κ3) is 6.97. The summed E-state index contributed by atoms with van der Waals surface area (Å²) in [7, 11) is 0. The van der Waals surface area contributed by atoms with Crippen molar-refractivity contribution >= 4 is 18.0 Å². The third-order valence-electron chi connectivity index (χ3n) is 6.94. The fourth-order valence-corrected chi connectivity index (χ4v) is 5.10. The van der Waals surface area contributed by atoms with E-state index in [2.05, 4.69) is 36.5 Å². The number of carbonyl (C=O) groups excluding carboxylic acids is 1. The van der Waals surface area contributed by atoms with E-state index in [1.54, 1.807) is 6.21 Å². The molecule has 5 nitrogen and oxygen atoms in total. The summed E-state index contributed by atoms with van der Waals surface area (Å²) in [6, 6.07) is 25.7. The highest BCUT2D eigenvalue weighted by Crippen LogP contribution is 2.42. The molecule has 0 bridgehead atoms. The fourth-order valence-electron chi connectivity index (χ4n) is 5.10. The smallest absolute Gasteiger partial charge is 0.411 e. The van der Waals surface area contributed by atoms with Crippen LogP contribution in [0.5, 0.6) is 5.75 Å². The van der Waals surface area contributed by atoms with Gasteiger partial charge in [0.2, 0.25) is 0 Å². The quantitative estimate of drug-likeness (QED) is 0.256. The summed E-state index contributed by atoms with van der Waals surface area (Å²) < 4.78 is 11.9. The topological polar surface area (TPSA) is 71.4 Å². The molecule has 0 saturated carbocycles. The minimum absolute atomic E-state index is 0.0121. The Bertz CT molecular complexity index is 1110. The van der Waals surface area contributed by atoms with Gasteiger partial charge in [0.15, 0.2) is 0 Å². The first-order valence-corrected chi connectivity index (χ1v) is 13.0. The maximum absolute atomic E-state index is 12.2. The van der Waals surface area contributed by atoms with E-state index in [-0.39, 0.29) is 12.7 Å². The van der Waals surface area contributed by atoms with Crippen molar-refractivity contribution in [2.75, 3.05) is 5.32 Å². The predicted octanol–water partition coefficient (Wildman–Crippen LogP) is 7.96. The van der Waals surface area contributed by atoms with Crippen molar-refractivity contribution < 1.29 is 14.3 Å². The zero-order valence-electron chi connectivity index (χ0n) is 21.0. The molecule has 3 atom stereocenters. The van der Waals surface area contributed by atoms with E-state index in [1.807, 2.05) is 54.6 Å². The fraction of sp³-hybridized carbons (Fsp3) is 0.355. The molecule has 188 valence electrons. The van der Waals surface area contributed by atoms with E-state index in [1.165, 1.54) is 17.5 Å². The van der Waals surface area contributed by atoms with E-state index in [0.717, 1.165) is 43.4 Å². The van der Waals surface area contributed by atoms with Gasteiger partial charge >= 0.3 is 6.09 Å². The lowest BCUT2D eigenvalue weighted by molar-refractivity contribution is 0.138. The van der Waals surface area contributed by atoms with Crippen LogP contribution in [0.2, 0.25) is 0 Å². The van der Waals surface area contributed by atoms with Gasteiger partial charge in [-0.15, -0.1) is 0 Å². The first-order chi connectivity index (χ1) is 17.7. The van der Waals surface area contributed by atoms with Crippen LogP contribution in [-0.4, -0.2) is 12.3 Å². The number of ether oxygens (including phenoxy) is 2. The van der Waals surface area contributed by atoms with Crippen molar-refractivity contribution in [3.05, 3.63) is 95.6 Å².